The van der Waals surface area contributed by atoms with Gasteiger partial charge in [-0.2, -0.15) is 9.98 Å². The maximum absolute atomic E-state index is 14.1. The van der Waals surface area contributed by atoms with Crippen molar-refractivity contribution in [2.24, 2.45) is 5.92 Å². The summed E-state index contributed by atoms with van der Waals surface area (Å²) < 4.78 is 57.5. The number of H-pyrrole nitrogens is 2. The molecule has 0 bridgehead atoms. The number of piperidine rings is 1. The first-order valence-corrected chi connectivity index (χ1v) is 18.8. The minimum Gasteiger partial charge on any atom is -0.361 e. The van der Waals surface area contributed by atoms with Gasteiger partial charge >= 0.3 is 5.97 Å². The van der Waals surface area contributed by atoms with E-state index < -0.39 is 38.0 Å². The highest BCUT2D eigenvalue weighted by atomic mass is 32.2. The van der Waals surface area contributed by atoms with Gasteiger partial charge in [0.1, 0.15) is 17.8 Å². The summed E-state index contributed by atoms with van der Waals surface area (Å²) in [6.45, 7) is 2.48. The molecule has 1 aliphatic rings. The number of nitrogens with zero attached hydrogens (tertiary/aromatic N) is 3. The lowest BCUT2D eigenvalue weighted by Gasteiger charge is -2.35. The molecule has 0 spiro atoms. The largest absolute Gasteiger partial charge is 0.361 e. The first-order chi connectivity index (χ1) is 24.0. The third-order valence-electron chi connectivity index (χ3n) is 8.86. The van der Waals surface area contributed by atoms with Crippen molar-refractivity contribution < 1.29 is 31.3 Å². The molecule has 2 atom stereocenters. The van der Waals surface area contributed by atoms with Gasteiger partial charge in [-0.1, -0.05) is 17.7 Å². The zero-order chi connectivity index (χ0) is 35.5. The fourth-order valence-electron chi connectivity index (χ4n) is 6.29. The van der Waals surface area contributed by atoms with Gasteiger partial charge in [0, 0.05) is 66.1 Å². The first kappa shape index (κ1) is 34.6. The molecule has 14 nitrogen and oxygen atoms in total. The summed E-state index contributed by atoms with van der Waals surface area (Å²) >= 11 is 0. The number of carbonyl (C=O) groups is 2. The lowest BCUT2D eigenvalue weighted by Crippen LogP contribution is -2.51. The second-order valence-electron chi connectivity index (χ2n) is 12.1. The monoisotopic (exact) mass is 717 g/mol. The molecule has 6 rings (SSSR count). The Morgan fingerprint density at radius 2 is 1.64 bits per heavy atom. The van der Waals surface area contributed by atoms with Gasteiger partial charge in [-0.25, -0.2) is 21.6 Å². The second-order valence-corrected chi connectivity index (χ2v) is 15.4. The Morgan fingerprint density at radius 1 is 0.980 bits per heavy atom. The maximum atomic E-state index is 14.1. The molecule has 1 fully saturated rings. The van der Waals surface area contributed by atoms with Gasteiger partial charge in [-0.05, 0) is 85.5 Å². The molecule has 2 unspecified atom stereocenters. The zero-order valence-electron chi connectivity index (χ0n) is 27.0. The number of hydrogen-bond donors (Lipinski definition) is 4. The predicted octanol–water partition coefficient (Wildman–Crippen LogP) is 3.68. The van der Waals surface area contributed by atoms with Crippen LogP contribution in [0, 0.1) is 17.2 Å². The van der Waals surface area contributed by atoms with Crippen LogP contribution in [-0.2, 0) is 41.0 Å². The van der Waals surface area contributed by atoms with E-state index in [9.17, 15) is 31.7 Å². The van der Waals surface area contributed by atoms with Crippen LogP contribution in [0.15, 0.2) is 101 Å². The molecule has 0 radical (unpaired) electrons. The van der Waals surface area contributed by atoms with Gasteiger partial charge < -0.3 is 24.3 Å². The van der Waals surface area contributed by atoms with Crippen molar-refractivity contribution in [1.29, 1.82) is 5.26 Å². The number of fused-ring (bicyclic) bond motifs is 2. The number of rotatable bonds is 12. The van der Waals surface area contributed by atoms with E-state index in [1.807, 2.05) is 4.89 Å². The number of nitriles is 1. The van der Waals surface area contributed by atoms with E-state index in [1.165, 1.54) is 18.2 Å². The minimum absolute atomic E-state index is 0.0296. The quantitative estimate of drug-likeness (QED) is 0.111. The summed E-state index contributed by atoms with van der Waals surface area (Å²) in [6, 6.07) is 17.1. The average molecular weight is 718 g/mol. The topological polar surface area (TPSA) is 199 Å². The third-order valence-corrected chi connectivity index (χ3v) is 11.6. The van der Waals surface area contributed by atoms with Crippen LogP contribution in [0.3, 0.4) is 0 Å². The number of benzene rings is 2. The van der Waals surface area contributed by atoms with Crippen LogP contribution >= 0.6 is 0 Å². The van der Waals surface area contributed by atoms with Crippen LogP contribution in [0.5, 0.6) is 0 Å². The summed E-state index contributed by atoms with van der Waals surface area (Å²) in [6.07, 6.45) is 7.42. The smallest absolute Gasteiger partial charge is 0.350 e. The van der Waals surface area contributed by atoms with Crippen LogP contribution in [0.1, 0.15) is 31.9 Å². The molecule has 1 amide bonds. The van der Waals surface area contributed by atoms with Crippen molar-refractivity contribution in [3.63, 3.8) is 0 Å². The molecule has 50 heavy (non-hydrogen) atoms. The number of hydrogen-bond acceptors (Lipinski definition) is 8. The number of amides is 1. The van der Waals surface area contributed by atoms with Crippen LogP contribution in [0.4, 0.5) is 0 Å². The number of nitrogens with one attached hydrogen (secondary N) is 4. The Hall–Kier alpha value is -5.21. The molecule has 2 aromatic carbocycles. The Labute approximate surface area is 288 Å². The normalized spacial score (nSPS) is 16.4. The molecule has 1 aliphatic heterocycles. The van der Waals surface area contributed by atoms with E-state index in [1.54, 1.807) is 83.5 Å². The first-order valence-electron chi connectivity index (χ1n) is 15.9. The van der Waals surface area contributed by atoms with Gasteiger partial charge in [0.25, 0.3) is 10.0 Å². The van der Waals surface area contributed by atoms with Gasteiger partial charge in [-0.15, -0.1) is 0 Å². The SMILES string of the molecule is C/C(=C\C(=O)ONS(=O)(=O)c1cccc2[nH]ccc12)C1CCCN(C(=O)C(CCn2cccc2C#N)NS(=O)(=O)c2cccc3[nH]ccc23)C1. The van der Waals surface area contributed by atoms with Crippen LogP contribution in [0.25, 0.3) is 21.8 Å². The summed E-state index contributed by atoms with van der Waals surface area (Å²) in [5.74, 6) is -1.64. The van der Waals surface area contributed by atoms with Crippen molar-refractivity contribution in [3.05, 3.63) is 96.6 Å². The van der Waals surface area contributed by atoms with Gasteiger partial charge in [0.05, 0.1) is 9.79 Å². The molecular weight excluding hydrogens is 683 g/mol. The minimum atomic E-state index is -4.19. The van der Waals surface area contributed by atoms with Gasteiger partial charge in [-0.3, -0.25) is 4.79 Å². The fourth-order valence-corrected chi connectivity index (χ4v) is 8.74. The molecule has 0 aliphatic carbocycles. The van der Waals surface area contributed by atoms with E-state index >= 15 is 0 Å². The highest BCUT2D eigenvalue weighted by Gasteiger charge is 2.33. The van der Waals surface area contributed by atoms with Gasteiger partial charge in [0.2, 0.25) is 15.9 Å². The standard InChI is InChI=1S/C34H35N7O7S2/c1-23(20-33(42)48-39-50(46,47)32-11-3-9-29-27(32)13-16-37-29)24-6-4-18-41(22-24)34(43)30(14-19-40-17-5-7-25(40)21-35)38-49(44,45)31-10-2-8-28-26(31)12-15-36-28/h2-3,5,7-13,15-17,20,24,30,36-39H,4,6,14,18-19,22H2,1H3/b23-20+. The fraction of sp³-hybridized carbons (Fsp3) is 0.265. The lowest BCUT2D eigenvalue weighted by molar-refractivity contribution is -0.141. The molecule has 16 heteroatoms. The number of aromatic nitrogens is 3. The van der Waals surface area contributed by atoms with Crippen LogP contribution < -0.4 is 9.61 Å². The number of sulfonamides is 2. The molecule has 1 saturated heterocycles. The Morgan fingerprint density at radius 3 is 2.30 bits per heavy atom. The van der Waals surface area contributed by atoms with E-state index in [4.69, 9.17) is 4.84 Å². The van der Waals surface area contributed by atoms with E-state index in [-0.39, 0.29) is 35.2 Å². The summed E-state index contributed by atoms with van der Waals surface area (Å²) in [5, 5.41) is 10.4. The molecule has 4 N–H and O–H groups in total. The highest BCUT2D eigenvalue weighted by Crippen LogP contribution is 2.27. The Bertz CT molecular complexity index is 2350. The van der Waals surface area contributed by atoms with Crippen molar-refractivity contribution in [2.45, 2.75) is 48.6 Å². The van der Waals surface area contributed by atoms with Crippen molar-refractivity contribution in [3.8, 4) is 6.07 Å². The van der Waals surface area contributed by atoms with E-state index in [2.05, 4.69) is 20.8 Å². The third kappa shape index (κ3) is 7.36. The molecule has 3 aromatic heterocycles. The molecule has 5 aromatic rings. The molecule has 260 valence electrons. The maximum Gasteiger partial charge on any atom is 0.350 e. The summed E-state index contributed by atoms with van der Waals surface area (Å²) in [4.78, 5) is 41.1. The Kier molecular flexibility index (Phi) is 9.93. The molecule has 0 saturated carbocycles. The zero-order valence-corrected chi connectivity index (χ0v) is 28.6. The van der Waals surface area contributed by atoms with Crippen LogP contribution in [-0.4, -0.2) is 67.3 Å². The Balaban J connectivity index is 1.16. The van der Waals surface area contributed by atoms with E-state index in [0.29, 0.717) is 52.5 Å². The van der Waals surface area contributed by atoms with E-state index in [0.717, 1.165) is 0 Å². The highest BCUT2D eigenvalue weighted by molar-refractivity contribution is 7.90. The van der Waals surface area contributed by atoms with Gasteiger partial charge in [0.15, 0.2) is 0 Å². The van der Waals surface area contributed by atoms with Crippen molar-refractivity contribution in [2.75, 3.05) is 13.1 Å². The predicted molar refractivity (Wildman–Crippen MR) is 184 cm³/mol. The number of likely N-dealkylation sites (tertiary alicyclic amines) is 1. The number of aromatic amines is 2. The van der Waals surface area contributed by atoms with Crippen molar-refractivity contribution >= 4 is 53.7 Å². The number of carbonyl (C=O) groups excluding carboxylic acids is 2. The summed E-state index contributed by atoms with van der Waals surface area (Å²) in [7, 11) is -8.35. The lowest BCUT2D eigenvalue weighted by atomic mass is 9.90. The van der Waals surface area contributed by atoms with Crippen molar-refractivity contribution in [1.82, 2.24) is 29.0 Å². The molecular formula is C34H35N7O7S2. The molecule has 4 heterocycles. The number of aryl methyl sites for hydroxylation is 1. The van der Waals surface area contributed by atoms with Crippen LogP contribution in [0.2, 0.25) is 0 Å². The second kappa shape index (κ2) is 14.3. The average Bonchev–Trinajstić information content (AvgIpc) is 3.89. The summed E-state index contributed by atoms with van der Waals surface area (Å²) in [5.41, 5.74) is 2.19.